The molecule has 0 radical (unpaired) electrons. The maximum Gasteiger partial charge on any atom is 0.219 e. The minimum absolute atomic E-state index is 0.133. The topological polar surface area (TPSA) is 68.4 Å². The Hall–Kier alpha value is -3.13. The summed E-state index contributed by atoms with van der Waals surface area (Å²) in [4.78, 5) is 16.5. The van der Waals surface area contributed by atoms with Crippen molar-refractivity contribution in [1.82, 2.24) is 24.5 Å². The Kier molecular flexibility index (Phi) is 4.98. The van der Waals surface area contributed by atoms with Crippen LogP contribution in [0.5, 0.6) is 0 Å². The van der Waals surface area contributed by atoms with Gasteiger partial charge in [0.2, 0.25) is 5.91 Å². The molecule has 8 nitrogen and oxygen atoms in total. The number of nitrogens with zero attached hydrogens (tertiary/aromatic N) is 6. The molecule has 1 fully saturated rings. The molecule has 1 amide bonds. The number of anilines is 2. The molecule has 172 valence electrons. The van der Waals surface area contributed by atoms with Crippen LogP contribution in [0.15, 0.2) is 30.6 Å². The molecule has 2 aromatic heterocycles. The minimum Gasteiger partial charge on any atom is -0.381 e. The second-order valence-corrected chi connectivity index (χ2v) is 9.38. The lowest BCUT2D eigenvalue weighted by Gasteiger charge is -2.29. The first kappa shape index (κ1) is 20.5. The van der Waals surface area contributed by atoms with Crippen molar-refractivity contribution in [3.05, 3.63) is 47.4 Å². The molecule has 3 aliphatic rings. The fraction of sp³-hybridized carbons (Fsp3) is 0.480. The van der Waals surface area contributed by atoms with Gasteiger partial charge in [-0.05, 0) is 42.5 Å². The van der Waals surface area contributed by atoms with Gasteiger partial charge in [0.25, 0.3) is 0 Å². The maximum atomic E-state index is 12.2. The molecule has 0 saturated carbocycles. The Morgan fingerprint density at radius 2 is 1.97 bits per heavy atom. The lowest BCUT2D eigenvalue weighted by molar-refractivity contribution is -0.129. The largest absolute Gasteiger partial charge is 0.381 e. The minimum atomic E-state index is 0.133. The summed E-state index contributed by atoms with van der Waals surface area (Å²) in [5.41, 5.74) is 7.41. The number of carbonyl (C=O) groups is 1. The molecule has 1 saturated heterocycles. The molecule has 6 rings (SSSR count). The molecule has 0 unspecified atom stereocenters. The molecule has 8 heteroatoms. The van der Waals surface area contributed by atoms with E-state index in [1.165, 1.54) is 28.1 Å². The number of aromatic nitrogens is 4. The molecule has 3 aliphatic heterocycles. The van der Waals surface area contributed by atoms with E-state index in [1.54, 1.807) is 6.92 Å². The van der Waals surface area contributed by atoms with Gasteiger partial charge in [0.05, 0.1) is 18.8 Å². The zero-order valence-electron chi connectivity index (χ0n) is 19.3. The van der Waals surface area contributed by atoms with Crippen molar-refractivity contribution >= 4 is 17.4 Å². The first-order valence-corrected chi connectivity index (χ1v) is 11.9. The van der Waals surface area contributed by atoms with Gasteiger partial charge in [-0.3, -0.25) is 14.2 Å². The van der Waals surface area contributed by atoms with Crippen molar-refractivity contribution in [3.8, 4) is 11.1 Å². The highest BCUT2D eigenvalue weighted by Gasteiger charge is 2.33. The SMILES string of the molecule is CC(=O)N1CCc2c(c(N3CCc4cc(-c5cnn(C)c5)ccc43)nn2C2CCOCC2)C1. The van der Waals surface area contributed by atoms with Crippen molar-refractivity contribution in [2.75, 3.05) is 31.2 Å². The highest BCUT2D eigenvalue weighted by molar-refractivity contribution is 5.77. The summed E-state index contributed by atoms with van der Waals surface area (Å²) in [5.74, 6) is 1.16. The number of ether oxygens (including phenoxy) is 1. The van der Waals surface area contributed by atoms with E-state index in [4.69, 9.17) is 9.84 Å². The van der Waals surface area contributed by atoms with Crippen molar-refractivity contribution in [2.24, 2.45) is 7.05 Å². The van der Waals surface area contributed by atoms with E-state index in [2.05, 4.69) is 39.1 Å². The summed E-state index contributed by atoms with van der Waals surface area (Å²) in [6.07, 6.45) is 7.80. The summed E-state index contributed by atoms with van der Waals surface area (Å²) >= 11 is 0. The van der Waals surface area contributed by atoms with Gasteiger partial charge in [-0.15, -0.1) is 0 Å². The molecule has 0 atom stereocenters. The second-order valence-electron chi connectivity index (χ2n) is 9.38. The van der Waals surface area contributed by atoms with Crippen LogP contribution in [0.4, 0.5) is 11.5 Å². The van der Waals surface area contributed by atoms with Crippen LogP contribution in [0.1, 0.15) is 42.6 Å². The zero-order valence-corrected chi connectivity index (χ0v) is 19.3. The Bertz CT molecular complexity index is 1210. The predicted molar refractivity (Wildman–Crippen MR) is 125 cm³/mol. The van der Waals surface area contributed by atoms with E-state index >= 15 is 0 Å². The van der Waals surface area contributed by atoms with E-state index in [0.717, 1.165) is 63.4 Å². The van der Waals surface area contributed by atoms with Crippen LogP contribution >= 0.6 is 0 Å². The molecule has 1 aromatic carbocycles. The molecular formula is C25H30N6O2. The first-order valence-electron chi connectivity index (χ1n) is 11.9. The van der Waals surface area contributed by atoms with E-state index in [0.29, 0.717) is 12.6 Å². The average molecular weight is 447 g/mol. The number of benzene rings is 1. The highest BCUT2D eigenvalue weighted by Crippen LogP contribution is 2.41. The average Bonchev–Trinajstić information content (AvgIpc) is 3.55. The number of fused-ring (bicyclic) bond motifs is 2. The number of carbonyl (C=O) groups excluding carboxylic acids is 1. The molecule has 0 spiro atoms. The van der Waals surface area contributed by atoms with Gasteiger partial charge in [-0.2, -0.15) is 10.2 Å². The Morgan fingerprint density at radius 1 is 1.12 bits per heavy atom. The summed E-state index contributed by atoms with van der Waals surface area (Å²) in [6, 6.07) is 7.06. The Balaban J connectivity index is 1.39. The molecule has 33 heavy (non-hydrogen) atoms. The third-order valence-electron chi connectivity index (χ3n) is 7.32. The van der Waals surface area contributed by atoms with Crippen LogP contribution in [0.3, 0.4) is 0 Å². The van der Waals surface area contributed by atoms with Gasteiger partial charge >= 0.3 is 0 Å². The van der Waals surface area contributed by atoms with Crippen molar-refractivity contribution in [3.63, 3.8) is 0 Å². The van der Waals surface area contributed by atoms with Crippen molar-refractivity contribution in [2.45, 2.75) is 45.2 Å². The molecule has 3 aromatic rings. The molecule has 0 bridgehead atoms. The highest BCUT2D eigenvalue weighted by atomic mass is 16.5. The maximum absolute atomic E-state index is 12.2. The predicted octanol–water partition coefficient (Wildman–Crippen LogP) is 3.23. The van der Waals surface area contributed by atoms with Gasteiger partial charge < -0.3 is 14.5 Å². The third-order valence-corrected chi connectivity index (χ3v) is 7.32. The van der Waals surface area contributed by atoms with Crippen LogP contribution in [-0.2, 0) is 36.0 Å². The quantitative estimate of drug-likeness (QED) is 0.618. The Labute approximate surface area is 193 Å². The fourth-order valence-corrected chi connectivity index (χ4v) is 5.52. The van der Waals surface area contributed by atoms with Crippen LogP contribution in [-0.4, -0.2) is 56.7 Å². The zero-order chi connectivity index (χ0) is 22.5. The van der Waals surface area contributed by atoms with Crippen molar-refractivity contribution < 1.29 is 9.53 Å². The van der Waals surface area contributed by atoms with Crippen molar-refractivity contribution in [1.29, 1.82) is 0 Å². The Morgan fingerprint density at radius 3 is 2.73 bits per heavy atom. The summed E-state index contributed by atoms with van der Waals surface area (Å²) in [6.45, 7) is 5.56. The number of hydrogen-bond acceptors (Lipinski definition) is 5. The number of aryl methyl sites for hydroxylation is 1. The molecule has 0 N–H and O–H groups in total. The number of amides is 1. The van der Waals surface area contributed by atoms with E-state index < -0.39 is 0 Å². The summed E-state index contributed by atoms with van der Waals surface area (Å²) in [7, 11) is 1.95. The normalized spacial score (nSPS) is 18.5. The van der Waals surface area contributed by atoms with Gasteiger partial charge in [0.15, 0.2) is 5.82 Å². The van der Waals surface area contributed by atoms with Gasteiger partial charge in [0.1, 0.15) is 0 Å². The number of rotatable bonds is 3. The van der Waals surface area contributed by atoms with Gasteiger partial charge in [0, 0.05) is 75.4 Å². The second kappa shape index (κ2) is 8.02. The standard InChI is InChI=1S/C25H30N6O2/c1-17(32)29-9-6-24-22(16-29)25(27-31(24)21-7-11-33-12-8-21)30-10-5-19-13-18(3-4-23(19)30)20-14-26-28(2)15-20/h3-4,13-15,21H,5-12,16H2,1-2H3. The van der Waals surface area contributed by atoms with Crippen LogP contribution in [0.25, 0.3) is 11.1 Å². The summed E-state index contributed by atoms with van der Waals surface area (Å²) in [5, 5.41) is 9.53. The van der Waals surface area contributed by atoms with E-state index in [9.17, 15) is 4.79 Å². The van der Waals surface area contributed by atoms with E-state index in [1.807, 2.05) is 22.8 Å². The smallest absolute Gasteiger partial charge is 0.219 e. The summed E-state index contributed by atoms with van der Waals surface area (Å²) < 4.78 is 9.71. The fourth-order valence-electron chi connectivity index (χ4n) is 5.52. The van der Waals surface area contributed by atoms with Gasteiger partial charge in [-0.25, -0.2) is 0 Å². The molecule has 5 heterocycles. The third kappa shape index (κ3) is 3.53. The van der Waals surface area contributed by atoms with Crippen LogP contribution in [0, 0.1) is 0 Å². The van der Waals surface area contributed by atoms with Gasteiger partial charge in [-0.1, -0.05) is 6.07 Å². The van der Waals surface area contributed by atoms with Crippen LogP contribution < -0.4 is 4.90 Å². The first-order chi connectivity index (χ1) is 16.1. The monoisotopic (exact) mass is 446 g/mol. The molecular weight excluding hydrogens is 416 g/mol. The number of hydrogen-bond donors (Lipinski definition) is 0. The van der Waals surface area contributed by atoms with Crippen LogP contribution in [0.2, 0.25) is 0 Å². The van der Waals surface area contributed by atoms with E-state index in [-0.39, 0.29) is 5.91 Å². The lowest BCUT2D eigenvalue weighted by atomic mass is 10.0. The molecule has 0 aliphatic carbocycles. The lowest BCUT2D eigenvalue weighted by Crippen LogP contribution is -2.35.